The van der Waals surface area contributed by atoms with Gasteiger partial charge in [0.1, 0.15) is 0 Å². The molecule has 0 saturated carbocycles. The van der Waals surface area contributed by atoms with Crippen LogP contribution in [0.1, 0.15) is 219 Å². The Hall–Kier alpha value is 1.51. The zero-order valence-corrected chi connectivity index (χ0v) is 32.9. The van der Waals surface area contributed by atoms with E-state index in [0.717, 1.165) is 25.7 Å². The summed E-state index contributed by atoms with van der Waals surface area (Å²) in [5.74, 6) is 0.198. The van der Waals surface area contributed by atoms with Gasteiger partial charge in [0, 0.05) is 0 Å². The van der Waals surface area contributed by atoms with Gasteiger partial charge in [-0.15, -0.1) is 0 Å². The number of rotatable bonds is 35. The molecule has 0 aromatic heterocycles. The molecule has 0 amide bonds. The molecule has 248 valence electrons. The molecule has 0 aliphatic rings. The second kappa shape index (κ2) is 37.0. The number of hydrogen-bond donors (Lipinski definition) is 0. The van der Waals surface area contributed by atoms with E-state index in [1.165, 1.54) is 180 Å². The minimum atomic E-state index is -4.59. The van der Waals surface area contributed by atoms with Crippen molar-refractivity contribution in [2.45, 2.75) is 219 Å². The monoisotopic (exact) mass is 640 g/mol. The first-order valence-corrected chi connectivity index (χ1v) is 19.9. The normalized spacial score (nSPS) is 12.5. The van der Waals surface area contributed by atoms with Crippen LogP contribution in [0, 0.1) is 5.92 Å². The van der Waals surface area contributed by atoms with Crippen molar-refractivity contribution in [3.05, 3.63) is 0 Å². The van der Waals surface area contributed by atoms with Crippen LogP contribution in [0.2, 0.25) is 0 Å². The van der Waals surface area contributed by atoms with Crippen LogP contribution in [0.5, 0.6) is 0 Å². The van der Waals surface area contributed by atoms with Gasteiger partial charge in [0.2, 0.25) is 10.4 Å². The van der Waals surface area contributed by atoms with Crippen molar-refractivity contribution in [2.75, 3.05) is 6.61 Å². The zero-order chi connectivity index (χ0) is 30.1. The summed E-state index contributed by atoms with van der Waals surface area (Å²) < 4.78 is 37.5. The SMILES string of the molecule is CCCCCCCCCCCCCCCCCCCCCCC(CCCCCCCCCCCC)COS(=O)(=O)[O-].[K+]. The topological polar surface area (TPSA) is 66.4 Å². The van der Waals surface area contributed by atoms with E-state index in [9.17, 15) is 13.0 Å². The van der Waals surface area contributed by atoms with Gasteiger partial charge < -0.3 is 4.55 Å². The van der Waals surface area contributed by atoms with Gasteiger partial charge >= 0.3 is 51.4 Å². The van der Waals surface area contributed by atoms with Crippen molar-refractivity contribution in [1.82, 2.24) is 0 Å². The Labute approximate surface area is 307 Å². The first kappa shape index (κ1) is 45.6. The third-order valence-corrected chi connectivity index (χ3v) is 9.30. The molecule has 0 aliphatic carbocycles. The average molecular weight is 641 g/mol. The summed E-state index contributed by atoms with van der Waals surface area (Å²) in [7, 11) is -4.59. The molecule has 0 aromatic carbocycles. The van der Waals surface area contributed by atoms with Crippen LogP contribution < -0.4 is 51.4 Å². The second-order valence-electron chi connectivity index (χ2n) is 13.0. The van der Waals surface area contributed by atoms with Crippen molar-refractivity contribution in [1.29, 1.82) is 0 Å². The van der Waals surface area contributed by atoms with E-state index in [1.54, 1.807) is 0 Å². The van der Waals surface area contributed by atoms with E-state index in [0.29, 0.717) is 0 Å². The first-order valence-electron chi connectivity index (χ1n) is 18.6. The van der Waals surface area contributed by atoms with Crippen molar-refractivity contribution < 1.29 is 68.5 Å². The van der Waals surface area contributed by atoms with Crippen LogP contribution in [0.25, 0.3) is 0 Å². The van der Waals surface area contributed by atoms with Crippen molar-refractivity contribution >= 4 is 10.4 Å². The van der Waals surface area contributed by atoms with Crippen molar-refractivity contribution in [2.24, 2.45) is 5.92 Å². The molecule has 0 N–H and O–H groups in total. The van der Waals surface area contributed by atoms with E-state index in [-0.39, 0.29) is 63.9 Å². The van der Waals surface area contributed by atoms with E-state index in [1.807, 2.05) is 0 Å². The third-order valence-electron chi connectivity index (χ3n) is 8.88. The standard InChI is InChI=1S/C36H74O4S.K/c1-3-5-7-9-11-13-15-16-17-18-19-20-21-22-23-24-26-28-30-32-34-36(35-40-41(37,38)39)33-31-29-27-25-14-12-10-8-6-4-2;/h36H,3-35H2,1-2H3,(H,37,38,39);/q;+1/p-1. The maximum absolute atomic E-state index is 11.0. The zero-order valence-electron chi connectivity index (χ0n) is 29.0. The Kier molecular flexibility index (Phi) is 40.2. The summed E-state index contributed by atoms with van der Waals surface area (Å²) in [5.41, 5.74) is 0. The molecule has 0 saturated heterocycles. The molecule has 0 aliphatic heterocycles. The summed E-state index contributed by atoms with van der Waals surface area (Å²) >= 11 is 0. The Morgan fingerprint density at radius 1 is 0.429 bits per heavy atom. The molecular formula is C36H73KO4S. The molecule has 0 spiro atoms. The predicted molar refractivity (Wildman–Crippen MR) is 178 cm³/mol. The maximum atomic E-state index is 11.0. The van der Waals surface area contributed by atoms with Gasteiger partial charge in [-0.1, -0.05) is 206 Å². The van der Waals surface area contributed by atoms with E-state index >= 15 is 0 Å². The smallest absolute Gasteiger partial charge is 0.726 e. The van der Waals surface area contributed by atoms with Gasteiger partial charge in [-0.3, -0.25) is 4.18 Å². The minimum Gasteiger partial charge on any atom is -0.726 e. The van der Waals surface area contributed by atoms with Crippen LogP contribution >= 0.6 is 0 Å². The predicted octanol–water partition coefficient (Wildman–Crippen LogP) is 9.61. The fourth-order valence-corrected chi connectivity index (χ4v) is 6.46. The molecule has 1 atom stereocenters. The largest absolute Gasteiger partial charge is 1.00 e. The molecular weight excluding hydrogens is 568 g/mol. The summed E-state index contributed by atoms with van der Waals surface area (Å²) in [6.45, 7) is 4.62. The van der Waals surface area contributed by atoms with Gasteiger partial charge in [0.15, 0.2) is 0 Å². The Balaban J connectivity index is 0. The third kappa shape index (κ3) is 39.5. The summed E-state index contributed by atoms with van der Waals surface area (Å²) in [6.07, 6.45) is 42.5. The summed E-state index contributed by atoms with van der Waals surface area (Å²) in [4.78, 5) is 0. The van der Waals surface area contributed by atoms with Crippen LogP contribution in [-0.4, -0.2) is 19.6 Å². The Bertz CT molecular complexity index is 599. The molecule has 0 heterocycles. The van der Waals surface area contributed by atoms with Gasteiger partial charge in [0.05, 0.1) is 6.61 Å². The molecule has 42 heavy (non-hydrogen) atoms. The molecule has 4 nitrogen and oxygen atoms in total. The molecule has 0 radical (unpaired) electrons. The Morgan fingerprint density at radius 2 is 0.643 bits per heavy atom. The first-order chi connectivity index (χ1) is 20.0. The molecule has 6 heteroatoms. The maximum Gasteiger partial charge on any atom is 1.00 e. The number of hydrogen-bond acceptors (Lipinski definition) is 4. The Morgan fingerprint density at radius 3 is 0.857 bits per heavy atom. The van der Waals surface area contributed by atoms with Crippen LogP contribution in [0.4, 0.5) is 0 Å². The van der Waals surface area contributed by atoms with Crippen molar-refractivity contribution in [3.63, 3.8) is 0 Å². The second-order valence-corrected chi connectivity index (χ2v) is 14.1. The van der Waals surface area contributed by atoms with Crippen molar-refractivity contribution in [3.8, 4) is 0 Å². The molecule has 1 unspecified atom stereocenters. The van der Waals surface area contributed by atoms with Gasteiger partial charge in [0.25, 0.3) is 0 Å². The molecule has 0 rings (SSSR count). The van der Waals surface area contributed by atoms with Gasteiger partial charge in [-0.2, -0.15) is 0 Å². The van der Waals surface area contributed by atoms with Crippen LogP contribution in [0.3, 0.4) is 0 Å². The molecule has 0 bridgehead atoms. The molecule has 0 aromatic rings. The van der Waals surface area contributed by atoms with Gasteiger partial charge in [-0.25, -0.2) is 8.42 Å². The van der Waals surface area contributed by atoms with Gasteiger partial charge in [-0.05, 0) is 18.8 Å². The summed E-state index contributed by atoms with van der Waals surface area (Å²) in [6, 6.07) is 0. The summed E-state index contributed by atoms with van der Waals surface area (Å²) in [5, 5.41) is 0. The van der Waals surface area contributed by atoms with Crippen LogP contribution in [0.15, 0.2) is 0 Å². The fraction of sp³-hybridized carbons (Fsp3) is 1.00. The van der Waals surface area contributed by atoms with Crippen LogP contribution in [-0.2, 0) is 14.6 Å². The average Bonchev–Trinajstić information content (AvgIpc) is 2.94. The van der Waals surface area contributed by atoms with E-state index < -0.39 is 10.4 Å². The number of unbranched alkanes of at least 4 members (excludes halogenated alkanes) is 28. The fourth-order valence-electron chi connectivity index (χ4n) is 6.10. The minimum absolute atomic E-state index is 0. The quantitative estimate of drug-likeness (QED) is 0.0299. The van der Waals surface area contributed by atoms with E-state index in [2.05, 4.69) is 18.0 Å². The van der Waals surface area contributed by atoms with E-state index in [4.69, 9.17) is 0 Å². The molecule has 0 fully saturated rings.